The summed E-state index contributed by atoms with van der Waals surface area (Å²) >= 11 is 0. The fourth-order valence-electron chi connectivity index (χ4n) is 2.64. The van der Waals surface area contributed by atoms with Crippen LogP contribution in [0, 0.1) is 6.92 Å². The van der Waals surface area contributed by atoms with Gasteiger partial charge in [-0.15, -0.1) is 0 Å². The summed E-state index contributed by atoms with van der Waals surface area (Å²) in [5.41, 5.74) is 6.26. The molecule has 0 bridgehead atoms. The van der Waals surface area contributed by atoms with Gasteiger partial charge in [-0.3, -0.25) is 4.79 Å². The van der Waals surface area contributed by atoms with Gasteiger partial charge in [-0.25, -0.2) is 5.43 Å². The number of carbonyl (C=O) groups is 1. The molecule has 0 atom stereocenters. The largest absolute Gasteiger partial charge is 0.483 e. The molecule has 150 valence electrons. The third-order valence-electron chi connectivity index (χ3n) is 4.25. The minimum absolute atomic E-state index is 0.105. The molecule has 0 fully saturated rings. The van der Waals surface area contributed by atoms with Gasteiger partial charge >= 0.3 is 0 Å². The van der Waals surface area contributed by atoms with E-state index in [4.69, 9.17) is 4.74 Å². The van der Waals surface area contributed by atoms with Crippen LogP contribution in [0.15, 0.2) is 102 Å². The van der Waals surface area contributed by atoms with Gasteiger partial charge in [-0.1, -0.05) is 91.0 Å². The van der Waals surface area contributed by atoms with E-state index in [1.54, 1.807) is 0 Å². The summed E-state index contributed by atoms with van der Waals surface area (Å²) in [6, 6.07) is 27.4. The molecule has 1 amide bonds. The highest BCUT2D eigenvalue weighted by Gasteiger charge is 2.03. The average Bonchev–Trinajstić information content (AvgIpc) is 2.79. The molecule has 0 radical (unpaired) electrons. The van der Waals surface area contributed by atoms with Crippen molar-refractivity contribution in [1.82, 2.24) is 5.43 Å². The van der Waals surface area contributed by atoms with Gasteiger partial charge in [0.05, 0.1) is 5.71 Å². The predicted octanol–water partition coefficient (Wildman–Crippen LogP) is 5.27. The molecule has 0 saturated carbocycles. The minimum atomic E-state index is -0.322. The monoisotopic (exact) mass is 396 g/mol. The van der Waals surface area contributed by atoms with Crippen molar-refractivity contribution < 1.29 is 9.53 Å². The lowest BCUT2D eigenvalue weighted by molar-refractivity contribution is -0.123. The Morgan fingerprint density at radius 3 is 1.93 bits per heavy atom. The van der Waals surface area contributed by atoms with Crippen molar-refractivity contribution in [2.24, 2.45) is 5.10 Å². The number of aryl methyl sites for hydroxylation is 1. The molecule has 3 aromatic carbocycles. The molecule has 3 aromatic rings. The molecular formula is C26H24N2O2. The summed E-state index contributed by atoms with van der Waals surface area (Å²) in [4.78, 5) is 12.2. The second-order valence-electron chi connectivity index (χ2n) is 6.61. The first kappa shape index (κ1) is 20.8. The van der Waals surface area contributed by atoms with Crippen molar-refractivity contribution in [1.29, 1.82) is 0 Å². The summed E-state index contributed by atoms with van der Waals surface area (Å²) in [5.74, 6) is 0.363. The smallest absolute Gasteiger partial charge is 0.277 e. The molecular weight excluding hydrogens is 372 g/mol. The normalized spacial score (nSPS) is 10.8. The van der Waals surface area contributed by atoms with Crippen molar-refractivity contribution in [3.8, 4) is 5.75 Å². The zero-order valence-electron chi connectivity index (χ0n) is 16.9. The molecule has 0 aliphatic carbocycles. The Morgan fingerprint density at radius 1 is 0.833 bits per heavy atom. The van der Waals surface area contributed by atoms with Crippen LogP contribution in [0.1, 0.15) is 16.7 Å². The summed E-state index contributed by atoms with van der Waals surface area (Å²) in [6.45, 7) is 1.83. The Labute approximate surface area is 177 Å². The highest BCUT2D eigenvalue weighted by molar-refractivity contribution is 6.08. The van der Waals surface area contributed by atoms with Crippen LogP contribution in [0.5, 0.6) is 5.75 Å². The summed E-state index contributed by atoms with van der Waals surface area (Å²) in [6.07, 6.45) is 7.61. The third-order valence-corrected chi connectivity index (χ3v) is 4.25. The van der Waals surface area contributed by atoms with E-state index in [2.05, 4.69) is 10.5 Å². The molecule has 4 nitrogen and oxygen atoms in total. The average molecular weight is 396 g/mol. The maximum Gasteiger partial charge on any atom is 0.277 e. The van der Waals surface area contributed by atoms with Gasteiger partial charge in [0.2, 0.25) is 0 Å². The molecule has 0 aliphatic heterocycles. The number of amides is 1. The summed E-state index contributed by atoms with van der Waals surface area (Å²) in [5, 5.41) is 4.25. The van der Waals surface area contributed by atoms with E-state index in [1.165, 1.54) is 0 Å². The molecule has 4 heteroatoms. The number of carbonyl (C=O) groups excluding carboxylic acids is 1. The number of hydrogen-bond donors (Lipinski definition) is 1. The molecule has 0 aliphatic rings. The van der Waals surface area contributed by atoms with Crippen molar-refractivity contribution in [2.45, 2.75) is 6.92 Å². The number of para-hydroxylation sites is 1. The van der Waals surface area contributed by atoms with Gasteiger partial charge in [0.15, 0.2) is 6.61 Å². The number of hydrogen-bond acceptors (Lipinski definition) is 3. The number of nitrogens with one attached hydrogen (secondary N) is 1. The highest BCUT2D eigenvalue weighted by atomic mass is 16.5. The van der Waals surface area contributed by atoms with E-state index in [0.717, 1.165) is 16.7 Å². The second kappa shape index (κ2) is 11.2. The number of ether oxygens (including phenoxy) is 1. The van der Waals surface area contributed by atoms with Crippen LogP contribution in [0.4, 0.5) is 0 Å². The van der Waals surface area contributed by atoms with Crippen LogP contribution in [0.2, 0.25) is 0 Å². The lowest BCUT2D eigenvalue weighted by atomic mass is 10.1. The molecule has 0 heterocycles. The summed E-state index contributed by atoms with van der Waals surface area (Å²) in [7, 11) is 0. The summed E-state index contributed by atoms with van der Waals surface area (Å²) < 4.78 is 5.57. The Kier molecular flexibility index (Phi) is 7.75. The maximum atomic E-state index is 12.2. The van der Waals surface area contributed by atoms with Gasteiger partial charge in [-0.2, -0.15) is 5.10 Å². The third kappa shape index (κ3) is 6.91. The SMILES string of the molecule is Cc1ccccc1OCC(=O)NN=C(/C=C/c1ccccc1)/C=C/c1ccccc1. The Bertz CT molecular complexity index is 987. The van der Waals surface area contributed by atoms with Gasteiger partial charge in [0.25, 0.3) is 5.91 Å². The van der Waals surface area contributed by atoms with Crippen molar-refractivity contribution in [3.63, 3.8) is 0 Å². The molecule has 0 aromatic heterocycles. The maximum absolute atomic E-state index is 12.2. The van der Waals surface area contributed by atoms with E-state index in [1.807, 2.05) is 116 Å². The molecule has 0 saturated heterocycles. The van der Waals surface area contributed by atoms with Gasteiger partial charge in [-0.05, 0) is 41.8 Å². The molecule has 3 rings (SSSR count). The van der Waals surface area contributed by atoms with Crippen LogP contribution >= 0.6 is 0 Å². The van der Waals surface area contributed by atoms with Crippen LogP contribution < -0.4 is 10.2 Å². The Hall–Kier alpha value is -3.92. The first-order valence-electron chi connectivity index (χ1n) is 9.72. The number of rotatable bonds is 8. The fraction of sp³-hybridized carbons (Fsp3) is 0.0769. The minimum Gasteiger partial charge on any atom is -0.483 e. The van der Waals surface area contributed by atoms with Crippen LogP contribution in [0.25, 0.3) is 12.2 Å². The molecule has 0 spiro atoms. The first-order chi connectivity index (χ1) is 14.7. The fourth-order valence-corrected chi connectivity index (χ4v) is 2.64. The van der Waals surface area contributed by atoms with Crippen LogP contribution in [0.3, 0.4) is 0 Å². The van der Waals surface area contributed by atoms with Crippen molar-refractivity contribution >= 4 is 23.8 Å². The quantitative estimate of drug-likeness (QED) is 0.416. The van der Waals surface area contributed by atoms with E-state index in [9.17, 15) is 4.79 Å². The second-order valence-corrected chi connectivity index (χ2v) is 6.61. The molecule has 1 N–H and O–H groups in total. The van der Waals surface area contributed by atoms with Crippen molar-refractivity contribution in [2.75, 3.05) is 6.61 Å². The molecule has 0 unspecified atom stereocenters. The van der Waals surface area contributed by atoms with E-state index < -0.39 is 0 Å². The highest BCUT2D eigenvalue weighted by Crippen LogP contribution is 2.15. The zero-order valence-corrected chi connectivity index (χ0v) is 16.9. The Balaban J connectivity index is 1.67. The van der Waals surface area contributed by atoms with Gasteiger partial charge in [0.1, 0.15) is 5.75 Å². The lowest BCUT2D eigenvalue weighted by Crippen LogP contribution is -2.25. The van der Waals surface area contributed by atoms with Crippen LogP contribution in [-0.2, 0) is 4.79 Å². The Morgan fingerprint density at radius 2 is 1.37 bits per heavy atom. The molecule has 30 heavy (non-hydrogen) atoms. The van der Waals surface area contributed by atoms with Gasteiger partial charge < -0.3 is 4.74 Å². The first-order valence-corrected chi connectivity index (χ1v) is 9.72. The number of allylic oxidation sites excluding steroid dienone is 2. The zero-order chi connectivity index (χ0) is 21.0. The number of hydrazone groups is 1. The predicted molar refractivity (Wildman–Crippen MR) is 123 cm³/mol. The number of nitrogens with zero attached hydrogens (tertiary/aromatic N) is 1. The standard InChI is InChI=1S/C26H24N2O2/c1-21-10-8-9-15-25(21)30-20-26(29)28-27-24(18-16-22-11-4-2-5-12-22)19-17-23-13-6-3-7-14-23/h2-19H,20H2,1H3,(H,28,29)/b18-16+,19-17+. The van der Waals surface area contributed by atoms with Crippen LogP contribution in [-0.4, -0.2) is 18.2 Å². The topological polar surface area (TPSA) is 50.7 Å². The number of benzene rings is 3. The van der Waals surface area contributed by atoms with Crippen molar-refractivity contribution in [3.05, 3.63) is 114 Å². The van der Waals surface area contributed by atoms with E-state index in [-0.39, 0.29) is 12.5 Å². The van der Waals surface area contributed by atoms with E-state index >= 15 is 0 Å². The lowest BCUT2D eigenvalue weighted by Gasteiger charge is -2.07. The van der Waals surface area contributed by atoms with E-state index in [0.29, 0.717) is 11.5 Å². The van der Waals surface area contributed by atoms with Gasteiger partial charge in [0, 0.05) is 0 Å².